The summed E-state index contributed by atoms with van der Waals surface area (Å²) in [5, 5.41) is 11.3. The Bertz CT molecular complexity index is 2540. The topological polar surface area (TPSA) is 408 Å². The Hall–Kier alpha value is -4.26. The largest absolute Gasteiger partial charge is 0.481 e. The third-order valence-corrected chi connectivity index (χ3v) is 17.3. The number of amides is 1. The van der Waals surface area contributed by atoms with Crippen LogP contribution in [0.4, 0.5) is 4.79 Å². The van der Waals surface area contributed by atoms with Crippen LogP contribution >= 0.6 is 0 Å². The Morgan fingerprint density at radius 3 is 0.466 bits per heavy atom. The van der Waals surface area contributed by atoms with Crippen molar-refractivity contribution < 1.29 is 190 Å². The molecule has 0 aromatic heterocycles. The molecule has 1 aliphatic carbocycles. The summed E-state index contributed by atoms with van der Waals surface area (Å²) in [6, 6.07) is 16.5. The van der Waals surface area contributed by atoms with Crippen molar-refractivity contribution in [2.45, 2.75) is 12.3 Å². The molecule has 0 unspecified atom stereocenters. The number of hydrogen-bond donors (Lipinski definition) is 2. The molecule has 0 saturated heterocycles. The van der Waals surface area contributed by atoms with Gasteiger partial charge in [0.2, 0.25) is 0 Å². The third kappa shape index (κ3) is 87.0. The van der Waals surface area contributed by atoms with Gasteiger partial charge in [0.15, 0.2) is 0 Å². The number of carbonyl (C=O) groups is 2. The van der Waals surface area contributed by atoms with Gasteiger partial charge in [-0.1, -0.05) is 48.5 Å². The van der Waals surface area contributed by atoms with Crippen molar-refractivity contribution in [1.29, 1.82) is 0 Å². The van der Waals surface area contributed by atoms with Crippen LogP contribution in [0.2, 0.25) is 0 Å². The summed E-state index contributed by atoms with van der Waals surface area (Å²) in [6.45, 7) is 33.7. The molecule has 0 radical (unpaired) electrons. The van der Waals surface area contributed by atoms with Crippen LogP contribution in [-0.4, -0.2) is 506 Å². The van der Waals surface area contributed by atoms with Gasteiger partial charge in [0.1, 0.15) is 6.61 Å². The molecule has 0 aliphatic heterocycles. The van der Waals surface area contributed by atoms with E-state index in [0.717, 1.165) is 0 Å². The molecule has 2 aromatic rings. The van der Waals surface area contributed by atoms with E-state index in [1.54, 1.807) is 0 Å². The fraction of sp³-hybridized carbons (Fsp3) is 0.844. The number of alkyl carbamates (subject to hydrolysis) is 1. The molecule has 1 amide bonds. The Balaban J connectivity index is 0.823. The van der Waals surface area contributed by atoms with Gasteiger partial charge in [-0.15, -0.1) is 0 Å². The maximum Gasteiger partial charge on any atom is 0.407 e. The predicted octanol–water partition coefficient (Wildman–Crippen LogP) is 3.60. The van der Waals surface area contributed by atoms with E-state index in [0.29, 0.717) is 476 Å². The van der Waals surface area contributed by atoms with Crippen molar-refractivity contribution in [3.05, 3.63) is 59.7 Å². The van der Waals surface area contributed by atoms with E-state index in [2.05, 4.69) is 29.6 Å². The van der Waals surface area contributed by atoms with Gasteiger partial charge < -0.3 is 186 Å². The number of carboxylic acids is 1. The zero-order valence-corrected chi connectivity index (χ0v) is 78.1. The second-order valence-corrected chi connectivity index (χ2v) is 27.4. The van der Waals surface area contributed by atoms with Gasteiger partial charge in [0, 0.05) is 12.5 Å². The molecule has 766 valence electrons. The van der Waals surface area contributed by atoms with E-state index in [4.69, 9.17) is 180 Å². The number of hydrogen-bond acceptors (Lipinski definition) is 39. The molecule has 0 fully saturated rings. The van der Waals surface area contributed by atoms with Crippen LogP contribution in [0.1, 0.15) is 23.5 Å². The summed E-state index contributed by atoms with van der Waals surface area (Å²) in [6.07, 6.45) is -0.475. The van der Waals surface area contributed by atoms with Crippen molar-refractivity contribution in [2.75, 3.05) is 489 Å². The number of ether oxygens (including phenoxy) is 37. The van der Waals surface area contributed by atoms with Crippen molar-refractivity contribution >= 4 is 12.1 Å². The van der Waals surface area contributed by atoms with Gasteiger partial charge in [-0.05, 0) is 22.3 Å². The predicted molar refractivity (Wildman–Crippen MR) is 475 cm³/mol. The Morgan fingerprint density at radius 1 is 0.191 bits per heavy atom. The summed E-state index contributed by atoms with van der Waals surface area (Å²) >= 11 is 0. The second-order valence-electron chi connectivity index (χ2n) is 27.4. The van der Waals surface area contributed by atoms with Crippen LogP contribution in [-0.2, 0) is 180 Å². The number of carbonyl (C=O) groups excluding carboxylic acids is 1. The lowest BCUT2D eigenvalue weighted by Gasteiger charge is -2.14. The number of carboxylic acid groups (broad SMARTS) is 1. The highest BCUT2D eigenvalue weighted by Gasteiger charge is 2.29. The van der Waals surface area contributed by atoms with E-state index >= 15 is 0 Å². The number of fused-ring (bicyclic) bond motifs is 3. The minimum atomic E-state index is -0.882. The quantitative estimate of drug-likeness (QED) is 0.0893. The molecule has 131 heavy (non-hydrogen) atoms. The first-order valence-corrected chi connectivity index (χ1v) is 46.3. The van der Waals surface area contributed by atoms with E-state index < -0.39 is 12.1 Å². The molecule has 0 spiro atoms. The highest BCUT2D eigenvalue weighted by Crippen LogP contribution is 2.44. The first-order valence-electron chi connectivity index (χ1n) is 46.3. The third-order valence-electron chi connectivity index (χ3n) is 17.3. The van der Waals surface area contributed by atoms with E-state index in [1.807, 2.05) is 24.3 Å². The summed E-state index contributed by atoms with van der Waals surface area (Å²) in [7, 11) is 0. The van der Waals surface area contributed by atoms with Gasteiger partial charge in [-0.3, -0.25) is 4.79 Å². The van der Waals surface area contributed by atoms with Gasteiger partial charge in [-0.2, -0.15) is 0 Å². The molecule has 41 heteroatoms. The van der Waals surface area contributed by atoms with Gasteiger partial charge in [0.05, 0.1) is 482 Å². The Morgan fingerprint density at radius 2 is 0.321 bits per heavy atom. The molecule has 0 bridgehead atoms. The number of rotatable bonds is 113. The average molecular weight is 1900 g/mol. The zero-order chi connectivity index (χ0) is 92.6. The first kappa shape index (κ1) is 121. The van der Waals surface area contributed by atoms with Crippen molar-refractivity contribution in [3.8, 4) is 11.1 Å². The smallest absolute Gasteiger partial charge is 0.407 e. The van der Waals surface area contributed by atoms with E-state index in [1.165, 1.54) is 22.3 Å². The SMILES string of the molecule is O=C(O)CCOCCOCCOCCOCCOCCOCCOCCOCCOCCOCCOCCOCCOCCOCCOCCOCCOCCOCCOCCOCCOCCOCCOCCOCCOCCOCCOCCOCCOCCOCCOCCOCCOCCOCCOCCOCCNC(=O)OCC1c2ccccc2-c2ccccc21. The molecule has 0 heterocycles. The van der Waals surface area contributed by atoms with Crippen molar-refractivity contribution in [2.24, 2.45) is 0 Å². The fourth-order valence-electron chi connectivity index (χ4n) is 10.8. The highest BCUT2D eigenvalue weighted by atomic mass is 16.6. The normalized spacial score (nSPS) is 12.1. The summed E-state index contributed by atoms with van der Waals surface area (Å²) in [4.78, 5) is 22.7. The van der Waals surface area contributed by atoms with Crippen LogP contribution in [0.15, 0.2) is 48.5 Å². The summed E-state index contributed by atoms with van der Waals surface area (Å²) in [5.41, 5.74) is 4.74. The number of benzene rings is 2. The minimum Gasteiger partial charge on any atom is -0.481 e. The van der Waals surface area contributed by atoms with Gasteiger partial charge in [-0.25, -0.2) is 4.79 Å². The molecule has 0 atom stereocenters. The van der Waals surface area contributed by atoms with Crippen LogP contribution in [0.5, 0.6) is 0 Å². The second kappa shape index (κ2) is 103. The van der Waals surface area contributed by atoms with Crippen LogP contribution < -0.4 is 5.32 Å². The zero-order valence-electron chi connectivity index (χ0n) is 78.1. The monoisotopic (exact) mass is 1900 g/mol. The Kier molecular flexibility index (Phi) is 95.2. The van der Waals surface area contributed by atoms with E-state index in [9.17, 15) is 9.59 Å². The lowest BCUT2D eigenvalue weighted by Crippen LogP contribution is -2.29. The van der Waals surface area contributed by atoms with Crippen LogP contribution in [0.25, 0.3) is 11.1 Å². The van der Waals surface area contributed by atoms with E-state index in [-0.39, 0.29) is 25.6 Å². The fourth-order valence-corrected chi connectivity index (χ4v) is 10.8. The number of nitrogens with one attached hydrogen (secondary N) is 1. The molecule has 3 rings (SSSR count). The van der Waals surface area contributed by atoms with Crippen molar-refractivity contribution in [3.63, 3.8) is 0 Å². The van der Waals surface area contributed by atoms with Gasteiger partial charge in [0.25, 0.3) is 0 Å². The highest BCUT2D eigenvalue weighted by molar-refractivity contribution is 5.79. The summed E-state index contributed by atoms with van der Waals surface area (Å²) < 4.78 is 204. The standard InChI is InChI=1S/C90H161NO40/c92-89(93)9-11-95-13-15-97-17-19-99-21-23-101-25-27-103-29-31-105-33-35-107-37-39-109-41-43-111-45-47-113-49-51-115-53-55-117-57-59-119-61-63-121-65-67-123-69-71-125-73-75-127-77-79-129-81-82-130-80-78-128-76-74-126-72-70-124-68-66-122-64-62-120-60-58-118-56-54-116-52-50-114-48-46-112-44-42-110-40-38-108-36-34-106-32-30-104-28-26-102-24-22-100-20-18-98-16-14-96-12-10-91-90(94)131-83-88-86-7-3-1-5-84(86)85-6-2-4-8-87(85)88/h1-8,88H,9-83H2,(H,91,94)(H,92,93). The molecule has 0 saturated carbocycles. The molecular formula is C90H161NO40. The Labute approximate surface area is 776 Å². The molecular weight excluding hydrogens is 1730 g/mol. The lowest BCUT2D eigenvalue weighted by atomic mass is 9.98. The minimum absolute atomic E-state index is 0.0132. The average Bonchev–Trinajstić information content (AvgIpc) is 1.62. The maximum absolute atomic E-state index is 12.3. The van der Waals surface area contributed by atoms with Gasteiger partial charge >= 0.3 is 12.1 Å². The van der Waals surface area contributed by atoms with Crippen LogP contribution in [0.3, 0.4) is 0 Å². The first-order chi connectivity index (χ1) is 65.2. The van der Waals surface area contributed by atoms with Crippen molar-refractivity contribution in [1.82, 2.24) is 5.32 Å². The molecule has 41 nitrogen and oxygen atoms in total. The van der Waals surface area contributed by atoms with Crippen LogP contribution in [0, 0.1) is 0 Å². The molecule has 1 aliphatic rings. The maximum atomic E-state index is 12.3. The number of aliphatic carboxylic acids is 1. The molecule has 2 N–H and O–H groups in total. The lowest BCUT2D eigenvalue weighted by molar-refractivity contribution is -0.138. The summed E-state index contributed by atoms with van der Waals surface area (Å²) in [5.74, 6) is -0.859. The molecule has 2 aromatic carbocycles.